The van der Waals surface area contributed by atoms with Crippen LogP contribution in [0, 0.1) is 0 Å². The molecular weight excluding hydrogens is 328 g/mol. The number of ether oxygens (including phenoxy) is 1. The van der Waals surface area contributed by atoms with E-state index in [1.807, 2.05) is 0 Å². The van der Waals surface area contributed by atoms with E-state index in [-0.39, 0.29) is 0 Å². The third-order valence-electron chi connectivity index (χ3n) is 3.89. The number of halogens is 1. The van der Waals surface area contributed by atoms with Crippen molar-refractivity contribution in [2.45, 2.75) is 6.04 Å². The number of rotatable bonds is 3. The van der Waals surface area contributed by atoms with Crippen molar-refractivity contribution >= 4 is 21.6 Å². The minimum absolute atomic E-state index is 0.353. The minimum Gasteiger partial charge on any atom is -0.495 e. The molecule has 1 aliphatic heterocycles. The molecule has 3 nitrogen and oxygen atoms in total. The van der Waals surface area contributed by atoms with E-state index in [2.05, 4.69) is 74.7 Å². The highest BCUT2D eigenvalue weighted by Crippen LogP contribution is 2.34. The zero-order chi connectivity index (χ0) is 14.7. The standard InChI is InChI=1S/C17H19BrN2O/c1-21-17-11-14(7-8-15(17)18)20-10-9-19-12-16(20)13-5-3-2-4-6-13/h2-8,11,16,19H,9-10,12H2,1H3. The van der Waals surface area contributed by atoms with Crippen LogP contribution in [0.5, 0.6) is 5.75 Å². The van der Waals surface area contributed by atoms with Gasteiger partial charge >= 0.3 is 0 Å². The topological polar surface area (TPSA) is 24.5 Å². The summed E-state index contributed by atoms with van der Waals surface area (Å²) in [5, 5.41) is 3.49. The highest BCUT2D eigenvalue weighted by molar-refractivity contribution is 9.10. The molecule has 1 atom stereocenters. The van der Waals surface area contributed by atoms with Crippen LogP contribution in [0.1, 0.15) is 11.6 Å². The van der Waals surface area contributed by atoms with Crippen molar-refractivity contribution in [2.24, 2.45) is 0 Å². The van der Waals surface area contributed by atoms with Crippen LogP contribution < -0.4 is 15.0 Å². The number of piperazine rings is 1. The zero-order valence-corrected chi connectivity index (χ0v) is 13.6. The van der Waals surface area contributed by atoms with Gasteiger partial charge in [0, 0.05) is 31.4 Å². The van der Waals surface area contributed by atoms with E-state index in [0.29, 0.717) is 6.04 Å². The van der Waals surface area contributed by atoms with Crippen molar-refractivity contribution in [2.75, 3.05) is 31.6 Å². The van der Waals surface area contributed by atoms with Crippen molar-refractivity contribution in [3.8, 4) is 5.75 Å². The number of hydrogen-bond donors (Lipinski definition) is 1. The summed E-state index contributed by atoms with van der Waals surface area (Å²) in [6.07, 6.45) is 0. The molecule has 1 saturated heterocycles. The fourth-order valence-electron chi connectivity index (χ4n) is 2.81. The average molecular weight is 347 g/mol. The van der Waals surface area contributed by atoms with Gasteiger partial charge < -0.3 is 15.0 Å². The Labute approximate surface area is 134 Å². The van der Waals surface area contributed by atoms with Gasteiger partial charge in [-0.05, 0) is 33.6 Å². The van der Waals surface area contributed by atoms with E-state index in [0.717, 1.165) is 29.9 Å². The monoisotopic (exact) mass is 346 g/mol. The third kappa shape index (κ3) is 3.06. The number of benzene rings is 2. The number of hydrogen-bond acceptors (Lipinski definition) is 3. The summed E-state index contributed by atoms with van der Waals surface area (Å²) in [6.45, 7) is 2.95. The van der Waals surface area contributed by atoms with Crippen molar-refractivity contribution in [3.05, 3.63) is 58.6 Å². The Morgan fingerprint density at radius 3 is 2.76 bits per heavy atom. The van der Waals surface area contributed by atoms with Crippen LogP contribution in [0.2, 0.25) is 0 Å². The predicted octanol–water partition coefficient (Wildman–Crippen LogP) is 3.61. The van der Waals surface area contributed by atoms with Crippen LogP contribution in [-0.4, -0.2) is 26.7 Å². The van der Waals surface area contributed by atoms with E-state index in [4.69, 9.17) is 4.74 Å². The Balaban J connectivity index is 1.94. The molecule has 21 heavy (non-hydrogen) atoms. The predicted molar refractivity (Wildman–Crippen MR) is 90.1 cm³/mol. The molecule has 110 valence electrons. The van der Waals surface area contributed by atoms with Crippen LogP contribution in [0.4, 0.5) is 5.69 Å². The lowest BCUT2D eigenvalue weighted by molar-refractivity contribution is 0.411. The molecule has 1 heterocycles. The molecule has 0 amide bonds. The fraction of sp³-hybridized carbons (Fsp3) is 0.294. The Kier molecular flexibility index (Phi) is 4.46. The number of methoxy groups -OCH3 is 1. The van der Waals surface area contributed by atoms with Crippen LogP contribution >= 0.6 is 15.9 Å². The number of anilines is 1. The Morgan fingerprint density at radius 2 is 2.00 bits per heavy atom. The van der Waals surface area contributed by atoms with E-state index in [1.54, 1.807) is 7.11 Å². The summed E-state index contributed by atoms with van der Waals surface area (Å²) in [7, 11) is 1.70. The molecule has 0 spiro atoms. The summed E-state index contributed by atoms with van der Waals surface area (Å²) < 4.78 is 6.41. The molecule has 4 heteroatoms. The fourth-order valence-corrected chi connectivity index (χ4v) is 3.22. The van der Waals surface area contributed by atoms with Gasteiger partial charge in [0.05, 0.1) is 17.6 Å². The summed E-state index contributed by atoms with van der Waals surface area (Å²) in [4.78, 5) is 2.45. The summed E-state index contributed by atoms with van der Waals surface area (Å²) >= 11 is 3.52. The summed E-state index contributed by atoms with van der Waals surface area (Å²) in [5.41, 5.74) is 2.54. The van der Waals surface area contributed by atoms with Crippen LogP contribution in [0.25, 0.3) is 0 Å². The second-order valence-corrected chi connectivity index (χ2v) is 6.00. The molecule has 1 N–H and O–H groups in total. The molecule has 1 aliphatic rings. The largest absolute Gasteiger partial charge is 0.495 e. The normalized spacial score (nSPS) is 18.6. The first-order valence-electron chi connectivity index (χ1n) is 7.15. The molecule has 1 unspecified atom stereocenters. The smallest absolute Gasteiger partial charge is 0.135 e. The van der Waals surface area contributed by atoms with E-state index >= 15 is 0 Å². The molecule has 0 saturated carbocycles. The SMILES string of the molecule is COc1cc(N2CCNCC2c2ccccc2)ccc1Br. The quantitative estimate of drug-likeness (QED) is 0.918. The third-order valence-corrected chi connectivity index (χ3v) is 4.55. The van der Waals surface area contributed by atoms with Gasteiger partial charge in [-0.25, -0.2) is 0 Å². The molecule has 0 bridgehead atoms. The zero-order valence-electron chi connectivity index (χ0n) is 12.1. The first-order valence-corrected chi connectivity index (χ1v) is 7.95. The van der Waals surface area contributed by atoms with Crippen LogP contribution in [0.3, 0.4) is 0 Å². The molecule has 0 aliphatic carbocycles. The summed E-state index contributed by atoms with van der Waals surface area (Å²) in [5.74, 6) is 0.873. The maximum Gasteiger partial charge on any atom is 0.135 e. The van der Waals surface area contributed by atoms with Crippen molar-refractivity contribution in [1.29, 1.82) is 0 Å². The highest BCUT2D eigenvalue weighted by atomic mass is 79.9. The molecular formula is C17H19BrN2O. The lowest BCUT2D eigenvalue weighted by Gasteiger charge is -2.38. The lowest BCUT2D eigenvalue weighted by Crippen LogP contribution is -2.46. The van der Waals surface area contributed by atoms with Gasteiger partial charge in [-0.1, -0.05) is 30.3 Å². The van der Waals surface area contributed by atoms with E-state index in [9.17, 15) is 0 Å². The van der Waals surface area contributed by atoms with E-state index < -0.39 is 0 Å². The van der Waals surface area contributed by atoms with Gasteiger partial charge in [-0.15, -0.1) is 0 Å². The molecule has 1 fully saturated rings. The van der Waals surface area contributed by atoms with Crippen molar-refractivity contribution < 1.29 is 4.74 Å². The second kappa shape index (κ2) is 6.50. The number of nitrogens with one attached hydrogen (secondary N) is 1. The number of nitrogens with zero attached hydrogens (tertiary/aromatic N) is 1. The lowest BCUT2D eigenvalue weighted by atomic mass is 10.0. The van der Waals surface area contributed by atoms with Crippen LogP contribution in [0.15, 0.2) is 53.0 Å². The minimum atomic E-state index is 0.353. The van der Waals surface area contributed by atoms with Crippen molar-refractivity contribution in [1.82, 2.24) is 5.32 Å². The van der Waals surface area contributed by atoms with E-state index in [1.165, 1.54) is 11.3 Å². The Morgan fingerprint density at radius 1 is 1.19 bits per heavy atom. The Bertz CT molecular complexity index is 603. The molecule has 2 aromatic carbocycles. The first kappa shape index (κ1) is 14.4. The Hall–Kier alpha value is -1.52. The first-order chi connectivity index (χ1) is 10.3. The second-order valence-electron chi connectivity index (χ2n) is 5.14. The van der Waals surface area contributed by atoms with Gasteiger partial charge in [0.25, 0.3) is 0 Å². The highest BCUT2D eigenvalue weighted by Gasteiger charge is 2.24. The summed E-state index contributed by atoms with van der Waals surface area (Å²) in [6, 6.07) is 17.3. The van der Waals surface area contributed by atoms with Gasteiger partial charge in [0.1, 0.15) is 5.75 Å². The molecule has 0 aromatic heterocycles. The molecule has 2 aromatic rings. The van der Waals surface area contributed by atoms with Gasteiger partial charge in [-0.3, -0.25) is 0 Å². The maximum atomic E-state index is 5.43. The molecule has 0 radical (unpaired) electrons. The van der Waals surface area contributed by atoms with Gasteiger partial charge in [-0.2, -0.15) is 0 Å². The average Bonchev–Trinajstić information content (AvgIpc) is 2.56. The van der Waals surface area contributed by atoms with Gasteiger partial charge in [0.15, 0.2) is 0 Å². The maximum absolute atomic E-state index is 5.43. The van der Waals surface area contributed by atoms with Crippen molar-refractivity contribution in [3.63, 3.8) is 0 Å². The molecule has 3 rings (SSSR count). The van der Waals surface area contributed by atoms with Gasteiger partial charge in [0.2, 0.25) is 0 Å². The van der Waals surface area contributed by atoms with Crippen LogP contribution in [-0.2, 0) is 0 Å².